The fourth-order valence-corrected chi connectivity index (χ4v) is 2.51. The average Bonchev–Trinajstić information content (AvgIpc) is 2.54. The van der Waals surface area contributed by atoms with E-state index in [1.807, 2.05) is 24.3 Å². The summed E-state index contributed by atoms with van der Waals surface area (Å²) in [5.74, 6) is -0.104. The van der Waals surface area contributed by atoms with Crippen LogP contribution in [0.2, 0.25) is 0 Å². The maximum Gasteiger partial charge on any atom is 0.243 e. The van der Waals surface area contributed by atoms with Crippen LogP contribution < -0.4 is 5.32 Å². The molecule has 4 heteroatoms. The SMILES string of the molecule is CCCCCCCC(=O)N(C)CC(=O)Nc1ccccc1CC. The molecule has 1 N–H and O–H groups in total. The van der Waals surface area contributed by atoms with Crippen molar-refractivity contribution in [1.82, 2.24) is 4.90 Å². The Kier molecular flexibility index (Phi) is 9.03. The maximum absolute atomic E-state index is 12.1. The minimum atomic E-state index is -0.146. The van der Waals surface area contributed by atoms with E-state index in [4.69, 9.17) is 0 Å². The molecule has 0 aliphatic carbocycles. The number of unbranched alkanes of at least 4 members (excludes halogenated alkanes) is 4. The predicted molar refractivity (Wildman–Crippen MR) is 95.5 cm³/mol. The Morgan fingerprint density at radius 2 is 1.74 bits per heavy atom. The summed E-state index contributed by atoms with van der Waals surface area (Å²) in [6.07, 6.45) is 6.99. The highest BCUT2D eigenvalue weighted by Gasteiger charge is 2.13. The fraction of sp³-hybridized carbons (Fsp3) is 0.579. The van der Waals surface area contributed by atoms with E-state index >= 15 is 0 Å². The van der Waals surface area contributed by atoms with E-state index in [0.29, 0.717) is 6.42 Å². The molecule has 0 bridgehead atoms. The van der Waals surface area contributed by atoms with Gasteiger partial charge in [-0.25, -0.2) is 0 Å². The first kappa shape index (κ1) is 19.2. The van der Waals surface area contributed by atoms with Crippen molar-refractivity contribution in [2.24, 2.45) is 0 Å². The van der Waals surface area contributed by atoms with Crippen LogP contribution in [0.15, 0.2) is 24.3 Å². The highest BCUT2D eigenvalue weighted by atomic mass is 16.2. The minimum absolute atomic E-state index is 0.0421. The largest absolute Gasteiger partial charge is 0.336 e. The van der Waals surface area contributed by atoms with Gasteiger partial charge in [0.15, 0.2) is 0 Å². The Hall–Kier alpha value is -1.84. The van der Waals surface area contributed by atoms with Crippen molar-refractivity contribution in [1.29, 1.82) is 0 Å². The number of likely N-dealkylation sites (N-methyl/N-ethyl adjacent to an activating group) is 1. The second-order valence-corrected chi connectivity index (χ2v) is 5.97. The Labute approximate surface area is 140 Å². The second kappa shape index (κ2) is 10.8. The highest BCUT2D eigenvalue weighted by molar-refractivity contribution is 5.95. The van der Waals surface area contributed by atoms with Crippen molar-refractivity contribution in [3.63, 3.8) is 0 Å². The fourth-order valence-electron chi connectivity index (χ4n) is 2.51. The van der Waals surface area contributed by atoms with Crippen molar-refractivity contribution in [2.75, 3.05) is 18.9 Å². The van der Waals surface area contributed by atoms with Gasteiger partial charge in [-0.05, 0) is 24.5 Å². The van der Waals surface area contributed by atoms with Crippen molar-refractivity contribution < 1.29 is 9.59 Å². The van der Waals surface area contributed by atoms with Gasteiger partial charge in [0.1, 0.15) is 0 Å². The molecule has 0 aromatic heterocycles. The highest BCUT2D eigenvalue weighted by Crippen LogP contribution is 2.15. The number of amides is 2. The third kappa shape index (κ3) is 7.31. The summed E-state index contributed by atoms with van der Waals surface area (Å²) in [6.45, 7) is 4.33. The van der Waals surface area contributed by atoms with Gasteiger partial charge in [0.2, 0.25) is 11.8 Å². The number of carbonyl (C=O) groups is 2. The van der Waals surface area contributed by atoms with Gasteiger partial charge < -0.3 is 10.2 Å². The molecule has 0 atom stereocenters. The lowest BCUT2D eigenvalue weighted by Gasteiger charge is -2.17. The summed E-state index contributed by atoms with van der Waals surface area (Å²) in [6, 6.07) is 7.76. The molecule has 0 aliphatic rings. The third-order valence-electron chi connectivity index (χ3n) is 3.97. The second-order valence-electron chi connectivity index (χ2n) is 5.97. The van der Waals surface area contributed by atoms with E-state index in [-0.39, 0.29) is 18.4 Å². The molecular formula is C19H30N2O2. The van der Waals surface area contributed by atoms with Crippen LogP contribution in [0.3, 0.4) is 0 Å². The first-order valence-electron chi connectivity index (χ1n) is 8.70. The Morgan fingerprint density at radius 3 is 2.43 bits per heavy atom. The summed E-state index contributed by atoms with van der Waals surface area (Å²) in [5.41, 5.74) is 1.94. The summed E-state index contributed by atoms with van der Waals surface area (Å²) in [4.78, 5) is 25.7. The zero-order valence-electron chi connectivity index (χ0n) is 14.7. The van der Waals surface area contributed by atoms with Crippen LogP contribution in [-0.4, -0.2) is 30.3 Å². The molecule has 2 amide bonds. The van der Waals surface area contributed by atoms with Crippen LogP contribution in [0.5, 0.6) is 0 Å². The topological polar surface area (TPSA) is 49.4 Å². The van der Waals surface area contributed by atoms with Crippen LogP contribution >= 0.6 is 0 Å². The number of para-hydroxylation sites is 1. The van der Waals surface area contributed by atoms with Crippen LogP contribution in [0.25, 0.3) is 0 Å². The zero-order chi connectivity index (χ0) is 17.1. The minimum Gasteiger partial charge on any atom is -0.336 e. The monoisotopic (exact) mass is 318 g/mol. The first-order valence-corrected chi connectivity index (χ1v) is 8.70. The van der Waals surface area contributed by atoms with Gasteiger partial charge in [0.25, 0.3) is 0 Å². The molecule has 128 valence electrons. The van der Waals surface area contributed by atoms with E-state index in [2.05, 4.69) is 19.2 Å². The van der Waals surface area contributed by atoms with E-state index < -0.39 is 0 Å². The molecule has 0 unspecified atom stereocenters. The van der Waals surface area contributed by atoms with Crippen molar-refractivity contribution in [2.45, 2.75) is 58.8 Å². The van der Waals surface area contributed by atoms with Gasteiger partial charge in [0, 0.05) is 19.2 Å². The number of hydrogen-bond donors (Lipinski definition) is 1. The number of aryl methyl sites for hydroxylation is 1. The molecule has 0 aliphatic heterocycles. The normalized spacial score (nSPS) is 10.4. The Morgan fingerprint density at radius 1 is 1.04 bits per heavy atom. The lowest BCUT2D eigenvalue weighted by molar-refractivity contribution is -0.133. The molecule has 0 fully saturated rings. The lowest BCUT2D eigenvalue weighted by Crippen LogP contribution is -2.34. The molecule has 0 saturated carbocycles. The number of benzene rings is 1. The lowest BCUT2D eigenvalue weighted by atomic mass is 10.1. The predicted octanol–water partition coefficient (Wildman–Crippen LogP) is 4.01. The molecule has 23 heavy (non-hydrogen) atoms. The van der Waals surface area contributed by atoms with Crippen LogP contribution in [-0.2, 0) is 16.0 Å². The number of anilines is 1. The zero-order valence-corrected chi connectivity index (χ0v) is 14.7. The molecular weight excluding hydrogens is 288 g/mol. The number of nitrogens with zero attached hydrogens (tertiary/aromatic N) is 1. The maximum atomic E-state index is 12.1. The van der Waals surface area contributed by atoms with E-state index in [0.717, 1.165) is 30.5 Å². The number of carbonyl (C=O) groups excluding carboxylic acids is 2. The summed E-state index contributed by atoms with van der Waals surface area (Å²) in [5, 5.41) is 2.90. The third-order valence-corrected chi connectivity index (χ3v) is 3.97. The van der Waals surface area contributed by atoms with Crippen LogP contribution in [0.4, 0.5) is 5.69 Å². The van der Waals surface area contributed by atoms with Crippen molar-refractivity contribution in [3.8, 4) is 0 Å². The Balaban J connectivity index is 2.36. The summed E-state index contributed by atoms with van der Waals surface area (Å²) >= 11 is 0. The molecule has 0 radical (unpaired) electrons. The Bertz CT molecular complexity index is 500. The van der Waals surface area contributed by atoms with Gasteiger partial charge >= 0.3 is 0 Å². The smallest absolute Gasteiger partial charge is 0.243 e. The van der Waals surface area contributed by atoms with E-state index in [1.54, 1.807) is 7.05 Å². The molecule has 1 aromatic carbocycles. The van der Waals surface area contributed by atoms with Crippen LogP contribution in [0.1, 0.15) is 57.9 Å². The number of rotatable bonds is 10. The first-order chi connectivity index (χ1) is 11.1. The van der Waals surface area contributed by atoms with E-state index in [1.165, 1.54) is 24.2 Å². The van der Waals surface area contributed by atoms with Gasteiger partial charge in [-0.1, -0.05) is 57.7 Å². The van der Waals surface area contributed by atoms with Gasteiger partial charge in [-0.2, -0.15) is 0 Å². The standard InChI is InChI=1S/C19H30N2O2/c1-4-6-7-8-9-14-19(23)21(3)15-18(22)20-17-13-11-10-12-16(17)5-2/h10-13H,4-9,14-15H2,1-3H3,(H,20,22). The van der Waals surface area contributed by atoms with Gasteiger partial charge in [-0.15, -0.1) is 0 Å². The quantitative estimate of drug-likeness (QED) is 0.663. The average molecular weight is 318 g/mol. The molecule has 1 aromatic rings. The number of nitrogens with one attached hydrogen (secondary N) is 1. The van der Waals surface area contributed by atoms with E-state index in [9.17, 15) is 9.59 Å². The molecule has 4 nitrogen and oxygen atoms in total. The molecule has 0 heterocycles. The molecule has 0 spiro atoms. The number of hydrogen-bond acceptors (Lipinski definition) is 2. The molecule has 1 rings (SSSR count). The van der Waals surface area contributed by atoms with Gasteiger partial charge in [-0.3, -0.25) is 9.59 Å². The van der Waals surface area contributed by atoms with Crippen molar-refractivity contribution >= 4 is 17.5 Å². The van der Waals surface area contributed by atoms with Crippen molar-refractivity contribution in [3.05, 3.63) is 29.8 Å². The summed E-state index contributed by atoms with van der Waals surface area (Å²) < 4.78 is 0. The summed E-state index contributed by atoms with van der Waals surface area (Å²) in [7, 11) is 1.69. The molecule has 0 saturated heterocycles. The van der Waals surface area contributed by atoms with Crippen LogP contribution in [0, 0.1) is 0 Å². The van der Waals surface area contributed by atoms with Gasteiger partial charge in [0.05, 0.1) is 6.54 Å².